The number of hydrogen-bond acceptors (Lipinski definition) is 26. The summed E-state index contributed by atoms with van der Waals surface area (Å²) in [6.07, 6.45) is 24.1. The number of aromatic nitrogens is 4. The molecule has 10 atom stereocenters. The summed E-state index contributed by atoms with van der Waals surface area (Å²) >= 11 is 4.04. The van der Waals surface area contributed by atoms with Crippen LogP contribution < -0.4 is 11.5 Å². The Morgan fingerprint density at radius 1 is 0.423 bits per heavy atom. The molecule has 2 aromatic heterocycles. The second kappa shape index (κ2) is 58.7. The Morgan fingerprint density at radius 2 is 0.721 bits per heavy atom. The van der Waals surface area contributed by atoms with Crippen molar-refractivity contribution in [2.75, 3.05) is 125 Å². The van der Waals surface area contributed by atoms with Gasteiger partial charge in [-0.15, -0.1) is 0 Å². The largest absolute Gasteiger partial charge is 0.501 e. The molecule has 2 aliphatic carbocycles. The lowest BCUT2D eigenvalue weighted by Gasteiger charge is -2.35. The third-order valence-electron chi connectivity index (χ3n) is 19.1. The highest BCUT2D eigenvalue weighted by Gasteiger charge is 2.44. The van der Waals surface area contributed by atoms with Crippen LogP contribution in [0, 0.1) is 35.5 Å². The lowest BCUT2D eigenvalue weighted by Crippen LogP contribution is -2.46. The van der Waals surface area contributed by atoms with E-state index in [0.717, 1.165) is 159 Å². The van der Waals surface area contributed by atoms with E-state index in [1.807, 2.05) is 150 Å². The smallest absolute Gasteiger partial charge is 0.374 e. The van der Waals surface area contributed by atoms with Crippen LogP contribution in [0.2, 0.25) is 24.2 Å². The predicted molar refractivity (Wildman–Crippen MR) is 454 cm³/mol. The summed E-state index contributed by atoms with van der Waals surface area (Å²) in [4.78, 5) is 45.9. The van der Waals surface area contributed by atoms with Crippen molar-refractivity contribution in [2.45, 2.75) is 245 Å². The van der Waals surface area contributed by atoms with Gasteiger partial charge in [0.05, 0.1) is 35.2 Å². The first kappa shape index (κ1) is 97.2. The van der Waals surface area contributed by atoms with Crippen LogP contribution in [0.25, 0.3) is 0 Å². The molecule has 4 rings (SSSR count). The van der Waals surface area contributed by atoms with E-state index < -0.39 is 57.8 Å². The van der Waals surface area contributed by atoms with Crippen molar-refractivity contribution in [1.29, 1.82) is 0 Å². The summed E-state index contributed by atoms with van der Waals surface area (Å²) in [6, 6.07) is 1.68. The molecule has 2 heterocycles. The summed E-state index contributed by atoms with van der Waals surface area (Å²) < 4.78 is 75.1. The molecule has 0 amide bonds. The highest BCUT2D eigenvalue weighted by atomic mass is 33.1. The van der Waals surface area contributed by atoms with Crippen LogP contribution >= 0.6 is 88.3 Å². The van der Waals surface area contributed by atoms with Gasteiger partial charge in [-0.1, -0.05) is 103 Å². The Balaban J connectivity index is 1.67. The third-order valence-corrected chi connectivity index (χ3v) is 42.7. The number of Topliss-reactive ketones (excluding diaryl/α,β-unsaturated/α-hetero) is 2. The second-order valence-electron chi connectivity index (χ2n) is 26.7. The molecule has 0 bridgehead atoms. The minimum absolute atomic E-state index is 0.0306. The maximum Gasteiger partial charge on any atom is 0.501 e. The second-order valence-corrected chi connectivity index (χ2v) is 48.0. The molecule has 0 radical (unpaired) electrons. The number of aromatic amines is 2. The van der Waals surface area contributed by atoms with Crippen LogP contribution in [0.5, 0.6) is 0 Å². The lowest BCUT2D eigenvalue weighted by molar-refractivity contribution is -0.120. The monoisotopic (exact) mass is 1680 g/mol. The first-order valence-electron chi connectivity index (χ1n) is 39.7. The number of H-pyrrole nitrogens is 2. The van der Waals surface area contributed by atoms with Gasteiger partial charge in [-0.3, -0.25) is 9.59 Å². The fraction of sp³-hybridized carbons (Fsp3) is 0.889. The number of nitrogens with one attached hydrogen (secondary N) is 2. The first-order chi connectivity index (χ1) is 50.6. The van der Waals surface area contributed by atoms with Crippen molar-refractivity contribution in [3.05, 3.63) is 36.4 Å². The van der Waals surface area contributed by atoms with Gasteiger partial charge in [-0.05, 0) is 206 Å². The summed E-state index contributed by atoms with van der Waals surface area (Å²) in [7, 11) is 0.0181. The van der Waals surface area contributed by atoms with E-state index in [4.69, 9.17) is 64.6 Å². The van der Waals surface area contributed by atoms with Crippen molar-refractivity contribution in [1.82, 2.24) is 19.9 Å². The minimum Gasteiger partial charge on any atom is -0.374 e. The number of carbonyl (C=O) groups is 2. The molecule has 6 N–H and O–H groups in total. The molecule has 0 saturated heterocycles. The van der Waals surface area contributed by atoms with Crippen molar-refractivity contribution >= 4 is 135 Å². The molecule has 0 spiro atoms. The zero-order valence-electron chi connectivity index (χ0n) is 65.8. The Bertz CT molecular complexity index is 2200. The molecule has 104 heavy (non-hydrogen) atoms. The number of carbonyl (C=O) groups excluding carboxylic acids is 2. The van der Waals surface area contributed by atoms with Gasteiger partial charge in [-0.25, -0.2) is 9.97 Å². The SMILES string of the molecule is CCO[Si](CCCSSCCC1CC(CC(SSC(CC2CCCCC(CSCC[Si](OCC)(OCC)OCC)C(CCSSCCC[Si](OCC)(OCC)OCC)C2)C(=O)[C@@H](N)Cc2cnc[nH]2)C(=O)[C@@H](N)Cc2cnc[nH]2)CCCCC1CSCC[Si](OCC)(OCC)OCC)(OCC)OCC. The van der Waals surface area contributed by atoms with Crippen LogP contribution in [0.1, 0.15) is 197 Å². The van der Waals surface area contributed by atoms with Crippen LogP contribution in [-0.2, 0) is 75.5 Å². The lowest BCUT2D eigenvalue weighted by atomic mass is 9.75. The number of ketones is 2. The number of nitrogens with two attached hydrogens (primary N) is 2. The van der Waals surface area contributed by atoms with Crippen molar-refractivity contribution in [2.24, 2.45) is 47.0 Å². The Hall–Kier alpha value is 0.868. The molecule has 32 heteroatoms. The quantitative estimate of drug-likeness (QED) is 0.0273. The van der Waals surface area contributed by atoms with E-state index >= 15 is 9.59 Å². The number of imidazole rings is 2. The van der Waals surface area contributed by atoms with E-state index in [0.29, 0.717) is 129 Å². The van der Waals surface area contributed by atoms with Crippen molar-refractivity contribution in [3.63, 3.8) is 0 Å². The topological polar surface area (TPSA) is 254 Å². The van der Waals surface area contributed by atoms with Crippen molar-refractivity contribution < 1.29 is 62.7 Å². The molecule has 0 aliphatic heterocycles. The van der Waals surface area contributed by atoms with Gasteiger partial charge in [0, 0.05) is 163 Å². The van der Waals surface area contributed by atoms with E-state index in [1.165, 1.54) is 12.8 Å². The van der Waals surface area contributed by atoms with E-state index in [2.05, 4.69) is 19.9 Å². The predicted octanol–water partition coefficient (Wildman–Crippen LogP) is 17.2. The molecule has 8 unspecified atom stereocenters. The number of rotatable bonds is 65. The molecule has 0 aromatic carbocycles. The first-order valence-corrected chi connectivity index (χ1v) is 57.0. The zero-order chi connectivity index (χ0) is 75.6. The van der Waals surface area contributed by atoms with Crippen LogP contribution in [0.4, 0.5) is 0 Å². The maximum atomic E-state index is 15.4. The number of hydrogen-bond donors (Lipinski definition) is 4. The summed E-state index contributed by atoms with van der Waals surface area (Å²) in [5.74, 6) is 10.5. The van der Waals surface area contributed by atoms with E-state index in [1.54, 1.807) is 46.6 Å². The summed E-state index contributed by atoms with van der Waals surface area (Å²) in [5.41, 5.74) is 15.8. The van der Waals surface area contributed by atoms with Gasteiger partial charge in [-0.2, -0.15) is 23.5 Å². The van der Waals surface area contributed by atoms with Crippen LogP contribution in [0.15, 0.2) is 25.0 Å². The van der Waals surface area contributed by atoms with Gasteiger partial charge in [0.1, 0.15) is 0 Å². The summed E-state index contributed by atoms with van der Waals surface area (Å²) in [6.45, 7) is 31.1. The molecule has 2 aromatic rings. The molecule has 2 fully saturated rings. The minimum atomic E-state index is -2.81. The Morgan fingerprint density at radius 3 is 1.02 bits per heavy atom. The maximum absolute atomic E-state index is 15.4. The van der Waals surface area contributed by atoms with Gasteiger partial charge in [0.2, 0.25) is 0 Å². The fourth-order valence-corrected chi connectivity index (χ4v) is 37.1. The van der Waals surface area contributed by atoms with Crippen molar-refractivity contribution in [3.8, 4) is 0 Å². The molecular formula is C72H140N6O14S8Si4. The normalized spacial score (nSPS) is 20.2. The van der Waals surface area contributed by atoms with E-state index in [-0.39, 0.29) is 23.4 Å². The van der Waals surface area contributed by atoms with Crippen LogP contribution in [-0.4, -0.2) is 215 Å². The molecular weight excluding hydrogens is 1540 g/mol. The van der Waals surface area contributed by atoms with Gasteiger partial charge >= 0.3 is 35.2 Å². The fourth-order valence-electron chi connectivity index (χ4n) is 14.5. The van der Waals surface area contributed by atoms with Gasteiger partial charge in [0.25, 0.3) is 0 Å². The zero-order valence-corrected chi connectivity index (χ0v) is 76.3. The average Bonchev–Trinajstić information content (AvgIpc) is 1.31. The highest BCUT2D eigenvalue weighted by Crippen LogP contribution is 2.46. The molecule has 2 aliphatic rings. The average molecular weight is 1680 g/mol. The third kappa shape index (κ3) is 37.9. The number of nitrogens with zero attached hydrogens (tertiary/aromatic N) is 2. The van der Waals surface area contributed by atoms with Crippen LogP contribution in [0.3, 0.4) is 0 Å². The number of thioether (sulfide) groups is 2. The Labute approximate surface area is 666 Å². The van der Waals surface area contributed by atoms with Gasteiger partial charge in [0.15, 0.2) is 11.6 Å². The van der Waals surface area contributed by atoms with E-state index in [9.17, 15) is 0 Å². The highest BCUT2D eigenvalue weighted by molar-refractivity contribution is 8.77. The molecule has 606 valence electrons. The Kier molecular flexibility index (Phi) is 54.9. The summed E-state index contributed by atoms with van der Waals surface area (Å²) in [5, 5.41) is -0.886. The standard InChI is InChI=1S/C72H140N6O14S8Si4/c1-13-81-101(82-14-2,83-15-3)43-29-37-95-97-39-35-61-47-59(31-25-27-33-63(61)55-93-41-45-103(87-19-7,88-20-8)89-21-9)49-69(71(79)67(73)51-65-53-75-57-77-65)99-100-70(72(80)68(74)52-66-54-76-58-78-66)50-60-32-26-28-34-64(56-94-42-46-104(90-22-10,91-23-11)92-24-12)62(48-60)36-40-98-96-38-30-44-102(84-16-4,85-17-5)86-18-6/h53-54,57-64,67-70H,13-52,55-56,73-74H2,1-12H3,(H,75,77)(H,76,78)/t59?,60?,61?,62?,63?,64?,67-,68-,69?,70?/m0/s1. The van der Waals surface area contributed by atoms with Gasteiger partial charge < -0.3 is 74.5 Å². The molecule has 20 nitrogen and oxygen atoms in total. The molecule has 2 saturated carbocycles.